The van der Waals surface area contributed by atoms with E-state index in [1.807, 2.05) is 39.8 Å². The van der Waals surface area contributed by atoms with Gasteiger partial charge in [-0.25, -0.2) is 0 Å². The van der Waals surface area contributed by atoms with Gasteiger partial charge in [-0.05, 0) is 58.7 Å². The molecule has 2 aromatic carbocycles. The molecule has 2 aliphatic heterocycles. The summed E-state index contributed by atoms with van der Waals surface area (Å²) in [4.78, 5) is 0. The Labute approximate surface area is 172 Å². The highest BCUT2D eigenvalue weighted by Crippen LogP contribution is 2.54. The fraction of sp³-hybridized carbons (Fsp3) is 0.360. The van der Waals surface area contributed by atoms with Gasteiger partial charge < -0.3 is 19.7 Å². The second-order valence-corrected chi connectivity index (χ2v) is 8.39. The highest BCUT2D eigenvalue weighted by atomic mass is 16.5. The van der Waals surface area contributed by atoms with E-state index < -0.39 is 0 Å². The van der Waals surface area contributed by atoms with Crippen LogP contribution in [-0.4, -0.2) is 16.8 Å². The first kappa shape index (κ1) is 19.4. The number of fused-ring (bicyclic) bond motifs is 5. The first-order valence-electron chi connectivity index (χ1n) is 10.1. The SMILES string of the molecule is CC(C)=CCc1c(O)ccc2c1O[C@H]1c3ccc(O)c(CC=C(C)C)c3OC[C@H]21. The summed E-state index contributed by atoms with van der Waals surface area (Å²) in [5, 5.41) is 20.8. The molecule has 4 nitrogen and oxygen atoms in total. The maximum atomic E-state index is 10.4. The lowest BCUT2D eigenvalue weighted by Crippen LogP contribution is -2.24. The van der Waals surface area contributed by atoms with E-state index in [4.69, 9.17) is 9.47 Å². The second-order valence-electron chi connectivity index (χ2n) is 8.39. The lowest BCUT2D eigenvalue weighted by molar-refractivity contribution is 0.137. The molecule has 2 N–H and O–H groups in total. The summed E-state index contributed by atoms with van der Waals surface area (Å²) in [6, 6.07) is 7.33. The Morgan fingerprint density at radius 3 is 2.00 bits per heavy atom. The van der Waals surface area contributed by atoms with Crippen LogP contribution in [0.5, 0.6) is 23.0 Å². The van der Waals surface area contributed by atoms with Crippen molar-refractivity contribution in [2.24, 2.45) is 0 Å². The molecule has 152 valence electrons. The van der Waals surface area contributed by atoms with Gasteiger partial charge in [0.05, 0.1) is 12.5 Å². The van der Waals surface area contributed by atoms with Gasteiger partial charge in [0.1, 0.15) is 29.1 Å². The van der Waals surface area contributed by atoms with Crippen LogP contribution in [0.2, 0.25) is 0 Å². The molecule has 0 saturated heterocycles. The van der Waals surface area contributed by atoms with E-state index in [0.717, 1.165) is 33.8 Å². The lowest BCUT2D eigenvalue weighted by Gasteiger charge is -2.29. The van der Waals surface area contributed by atoms with Crippen molar-refractivity contribution in [3.63, 3.8) is 0 Å². The maximum absolute atomic E-state index is 10.4. The van der Waals surface area contributed by atoms with Crippen molar-refractivity contribution in [1.29, 1.82) is 0 Å². The Hall–Kier alpha value is -2.88. The molecule has 0 amide bonds. The summed E-state index contributed by atoms with van der Waals surface area (Å²) < 4.78 is 12.6. The van der Waals surface area contributed by atoms with Crippen molar-refractivity contribution in [3.8, 4) is 23.0 Å². The number of ether oxygens (including phenoxy) is 2. The molecule has 2 atom stereocenters. The summed E-state index contributed by atoms with van der Waals surface area (Å²) in [5.74, 6) is 2.08. The normalized spacial score (nSPS) is 18.6. The molecule has 4 heteroatoms. The van der Waals surface area contributed by atoms with Crippen molar-refractivity contribution in [1.82, 2.24) is 0 Å². The van der Waals surface area contributed by atoms with Crippen LogP contribution in [0, 0.1) is 0 Å². The van der Waals surface area contributed by atoms with Gasteiger partial charge in [-0.1, -0.05) is 29.4 Å². The molecular weight excluding hydrogens is 364 g/mol. The van der Waals surface area contributed by atoms with E-state index in [9.17, 15) is 10.2 Å². The zero-order chi connectivity index (χ0) is 20.7. The molecule has 0 saturated carbocycles. The minimum absolute atomic E-state index is 0.0735. The van der Waals surface area contributed by atoms with Crippen LogP contribution in [-0.2, 0) is 12.8 Å². The quantitative estimate of drug-likeness (QED) is 0.653. The van der Waals surface area contributed by atoms with Crippen molar-refractivity contribution < 1.29 is 19.7 Å². The number of phenolic OH excluding ortho intramolecular Hbond substituents is 2. The standard InChI is InChI=1S/C25H28O4/c1-14(2)5-7-17-21(26)12-10-19-23(17)28-13-20-16-9-11-22(27)18(8-6-15(3)4)24(16)29-25(19)20/h5-6,9-12,20,25-27H,7-8,13H2,1-4H3/t20-,25+/m1/s1. The van der Waals surface area contributed by atoms with Gasteiger partial charge in [-0.3, -0.25) is 0 Å². The van der Waals surface area contributed by atoms with E-state index in [1.54, 1.807) is 12.1 Å². The first-order valence-corrected chi connectivity index (χ1v) is 10.1. The Kier molecular flexibility index (Phi) is 5.03. The maximum Gasteiger partial charge on any atom is 0.138 e. The van der Waals surface area contributed by atoms with Gasteiger partial charge >= 0.3 is 0 Å². The van der Waals surface area contributed by atoms with Crippen molar-refractivity contribution in [2.75, 3.05) is 6.61 Å². The highest BCUT2D eigenvalue weighted by molar-refractivity contribution is 5.59. The van der Waals surface area contributed by atoms with Gasteiger partial charge in [-0.2, -0.15) is 0 Å². The molecule has 0 fully saturated rings. The number of benzene rings is 2. The Balaban J connectivity index is 1.75. The van der Waals surface area contributed by atoms with E-state index in [-0.39, 0.29) is 23.5 Å². The smallest absolute Gasteiger partial charge is 0.138 e. The van der Waals surface area contributed by atoms with E-state index in [0.29, 0.717) is 19.4 Å². The van der Waals surface area contributed by atoms with Gasteiger partial charge in [-0.15, -0.1) is 0 Å². The average molecular weight is 392 g/mol. The third-order valence-electron chi connectivity index (χ3n) is 5.68. The van der Waals surface area contributed by atoms with Gasteiger partial charge in [0, 0.05) is 22.3 Å². The predicted molar refractivity (Wildman–Crippen MR) is 114 cm³/mol. The minimum Gasteiger partial charge on any atom is -0.508 e. The third-order valence-corrected chi connectivity index (χ3v) is 5.68. The highest BCUT2D eigenvalue weighted by Gasteiger charge is 2.43. The summed E-state index contributed by atoms with van der Waals surface area (Å²) in [7, 11) is 0. The average Bonchev–Trinajstić information content (AvgIpc) is 3.04. The fourth-order valence-corrected chi connectivity index (χ4v) is 4.11. The lowest BCUT2D eigenvalue weighted by atomic mass is 9.87. The number of phenols is 2. The molecule has 0 aliphatic carbocycles. The molecule has 0 unspecified atom stereocenters. The zero-order valence-electron chi connectivity index (χ0n) is 17.5. The fourth-order valence-electron chi connectivity index (χ4n) is 4.11. The number of hydrogen-bond donors (Lipinski definition) is 2. The van der Waals surface area contributed by atoms with Crippen LogP contribution in [0.4, 0.5) is 0 Å². The molecule has 2 heterocycles. The molecule has 2 aromatic rings. The Bertz CT molecular complexity index is 1010. The minimum atomic E-state index is -0.174. The molecule has 0 aromatic heterocycles. The molecule has 4 rings (SSSR count). The summed E-state index contributed by atoms with van der Waals surface area (Å²) in [5.41, 5.74) is 6.05. The molecule has 2 aliphatic rings. The summed E-state index contributed by atoms with van der Waals surface area (Å²) in [6.07, 6.45) is 5.26. The summed E-state index contributed by atoms with van der Waals surface area (Å²) in [6.45, 7) is 8.67. The van der Waals surface area contributed by atoms with Crippen molar-refractivity contribution in [2.45, 2.75) is 52.6 Å². The van der Waals surface area contributed by atoms with Crippen LogP contribution in [0.25, 0.3) is 0 Å². The van der Waals surface area contributed by atoms with Crippen LogP contribution >= 0.6 is 0 Å². The monoisotopic (exact) mass is 392 g/mol. The van der Waals surface area contributed by atoms with Crippen molar-refractivity contribution in [3.05, 3.63) is 69.8 Å². The van der Waals surface area contributed by atoms with Gasteiger partial charge in [0.2, 0.25) is 0 Å². The molecule has 0 bridgehead atoms. The Morgan fingerprint density at radius 1 is 0.862 bits per heavy atom. The first-order chi connectivity index (χ1) is 13.9. The third kappa shape index (κ3) is 3.48. The number of allylic oxidation sites excluding steroid dienone is 4. The van der Waals surface area contributed by atoms with E-state index >= 15 is 0 Å². The Morgan fingerprint density at radius 2 is 1.41 bits per heavy atom. The topological polar surface area (TPSA) is 58.9 Å². The van der Waals surface area contributed by atoms with Crippen molar-refractivity contribution >= 4 is 0 Å². The van der Waals surface area contributed by atoms with E-state index in [1.165, 1.54) is 11.1 Å². The second kappa shape index (κ2) is 7.51. The molecule has 29 heavy (non-hydrogen) atoms. The van der Waals surface area contributed by atoms with Crippen LogP contribution in [0.1, 0.15) is 62.0 Å². The largest absolute Gasteiger partial charge is 0.508 e. The number of aromatic hydroxyl groups is 2. The van der Waals surface area contributed by atoms with Crippen LogP contribution < -0.4 is 9.47 Å². The zero-order valence-corrected chi connectivity index (χ0v) is 17.5. The predicted octanol–water partition coefficient (Wildman–Crippen LogP) is 5.72. The number of hydrogen-bond acceptors (Lipinski definition) is 4. The molecule has 0 radical (unpaired) electrons. The molecular formula is C25H28O4. The van der Waals surface area contributed by atoms with Gasteiger partial charge in [0.15, 0.2) is 0 Å². The molecule has 0 spiro atoms. The van der Waals surface area contributed by atoms with E-state index in [2.05, 4.69) is 12.2 Å². The van der Waals surface area contributed by atoms with Crippen LogP contribution in [0.3, 0.4) is 0 Å². The van der Waals surface area contributed by atoms with Crippen LogP contribution in [0.15, 0.2) is 47.6 Å². The summed E-state index contributed by atoms with van der Waals surface area (Å²) >= 11 is 0. The number of rotatable bonds is 4. The van der Waals surface area contributed by atoms with Gasteiger partial charge in [0.25, 0.3) is 0 Å².